The van der Waals surface area contributed by atoms with E-state index in [1.807, 2.05) is 30.3 Å². The third kappa shape index (κ3) is 4.66. The molecule has 2 aromatic carbocycles. The average molecular weight is 374 g/mol. The van der Waals surface area contributed by atoms with Crippen LogP contribution in [0.5, 0.6) is 5.75 Å². The van der Waals surface area contributed by atoms with Crippen molar-refractivity contribution in [3.05, 3.63) is 65.2 Å². The molecule has 2 aromatic rings. The number of phenols is 1. The van der Waals surface area contributed by atoms with Crippen LogP contribution in [0.15, 0.2) is 48.5 Å². The number of phenolic OH excluding ortho intramolecular Hbond substituents is 1. The molecule has 1 fully saturated rings. The van der Waals surface area contributed by atoms with Gasteiger partial charge in [0.1, 0.15) is 5.75 Å². The number of carbonyl (C=O) groups is 1. The van der Waals surface area contributed by atoms with Gasteiger partial charge in [0.25, 0.3) is 0 Å². The van der Waals surface area contributed by atoms with Crippen LogP contribution in [-0.2, 0) is 6.42 Å². The Morgan fingerprint density at radius 1 is 1.08 bits per heavy atom. The molecule has 1 heterocycles. The van der Waals surface area contributed by atoms with Gasteiger partial charge < -0.3 is 5.11 Å². The number of halogens is 1. The van der Waals surface area contributed by atoms with Crippen molar-refractivity contribution in [1.82, 2.24) is 4.90 Å². The number of ketones is 1. The van der Waals surface area contributed by atoms with Gasteiger partial charge >= 0.3 is 0 Å². The lowest BCUT2D eigenvalue weighted by Crippen LogP contribution is -2.44. The van der Waals surface area contributed by atoms with Crippen molar-refractivity contribution in [1.29, 1.82) is 0 Å². The Kier molecular flexibility index (Phi) is 7.24. The minimum absolute atomic E-state index is 0. The molecule has 1 aliphatic heterocycles. The van der Waals surface area contributed by atoms with Crippen LogP contribution in [0.4, 0.5) is 0 Å². The number of likely N-dealkylation sites (tertiary alicyclic amines) is 1. The Hall–Kier alpha value is -1.84. The quantitative estimate of drug-likeness (QED) is 0.761. The Labute approximate surface area is 162 Å². The second-order valence-electron chi connectivity index (χ2n) is 7.16. The normalized spacial score (nSPS) is 20.4. The molecule has 140 valence electrons. The van der Waals surface area contributed by atoms with Gasteiger partial charge in [-0.1, -0.05) is 42.8 Å². The van der Waals surface area contributed by atoms with Crippen LogP contribution in [0.25, 0.3) is 0 Å². The van der Waals surface area contributed by atoms with E-state index in [1.54, 1.807) is 18.2 Å². The fourth-order valence-corrected chi connectivity index (χ4v) is 3.84. The number of aromatic hydroxyl groups is 1. The monoisotopic (exact) mass is 373 g/mol. The second kappa shape index (κ2) is 9.20. The van der Waals surface area contributed by atoms with E-state index in [4.69, 9.17) is 0 Å². The molecule has 4 heteroatoms. The largest absolute Gasteiger partial charge is 0.507 e. The van der Waals surface area contributed by atoms with Crippen molar-refractivity contribution in [3.63, 3.8) is 0 Å². The van der Waals surface area contributed by atoms with Crippen molar-refractivity contribution in [2.75, 3.05) is 6.54 Å². The average Bonchev–Trinajstić information content (AvgIpc) is 2.63. The highest BCUT2D eigenvalue weighted by Crippen LogP contribution is 2.25. The van der Waals surface area contributed by atoms with E-state index in [0.717, 1.165) is 18.5 Å². The van der Waals surface area contributed by atoms with Crippen LogP contribution in [0.2, 0.25) is 0 Å². The van der Waals surface area contributed by atoms with Gasteiger partial charge in [-0.3, -0.25) is 9.69 Å². The van der Waals surface area contributed by atoms with Gasteiger partial charge in [-0.05, 0) is 50.8 Å². The summed E-state index contributed by atoms with van der Waals surface area (Å²) in [5.74, 6) is -0.0722. The molecule has 0 spiro atoms. The molecule has 1 aliphatic rings. The first-order valence-corrected chi connectivity index (χ1v) is 9.23. The van der Waals surface area contributed by atoms with Gasteiger partial charge in [-0.2, -0.15) is 0 Å². The molecular weight excluding hydrogens is 346 g/mol. The van der Waals surface area contributed by atoms with Crippen molar-refractivity contribution in [2.24, 2.45) is 0 Å². The predicted octanol–water partition coefficient (Wildman–Crippen LogP) is 4.85. The van der Waals surface area contributed by atoms with Gasteiger partial charge in [-0.15, -0.1) is 12.4 Å². The molecule has 1 N–H and O–H groups in total. The fourth-order valence-electron chi connectivity index (χ4n) is 3.84. The smallest absolute Gasteiger partial charge is 0.196 e. The highest BCUT2D eigenvalue weighted by molar-refractivity contribution is 6.10. The number of hydrogen-bond donors (Lipinski definition) is 1. The second-order valence-corrected chi connectivity index (χ2v) is 7.16. The van der Waals surface area contributed by atoms with Gasteiger partial charge in [0.05, 0.1) is 5.56 Å². The molecule has 26 heavy (non-hydrogen) atoms. The Morgan fingerprint density at radius 2 is 1.73 bits per heavy atom. The molecule has 3 nitrogen and oxygen atoms in total. The molecule has 3 rings (SSSR count). The van der Waals surface area contributed by atoms with Gasteiger partial charge in [0.2, 0.25) is 0 Å². The summed E-state index contributed by atoms with van der Waals surface area (Å²) in [6.07, 6.45) is 4.73. The predicted molar refractivity (Wildman–Crippen MR) is 108 cm³/mol. The summed E-state index contributed by atoms with van der Waals surface area (Å²) < 4.78 is 0. The summed E-state index contributed by atoms with van der Waals surface area (Å²) in [5.41, 5.74) is 2.10. The summed E-state index contributed by atoms with van der Waals surface area (Å²) in [4.78, 5) is 15.2. The number of piperidine rings is 1. The summed E-state index contributed by atoms with van der Waals surface area (Å²) in [6.45, 7) is 5.60. The van der Waals surface area contributed by atoms with E-state index in [0.29, 0.717) is 23.2 Å². The molecule has 0 bridgehead atoms. The Morgan fingerprint density at radius 3 is 2.38 bits per heavy atom. The number of carbonyl (C=O) groups excluding carboxylic acids is 1. The Bertz CT molecular complexity index is 722. The molecular formula is C22H28ClNO2. The molecule has 2 atom stereocenters. The van der Waals surface area contributed by atoms with E-state index in [1.165, 1.54) is 19.3 Å². The van der Waals surface area contributed by atoms with Crippen LogP contribution >= 0.6 is 12.4 Å². The van der Waals surface area contributed by atoms with Crippen molar-refractivity contribution < 1.29 is 9.90 Å². The molecule has 0 radical (unpaired) electrons. The van der Waals surface area contributed by atoms with Gasteiger partial charge in [0, 0.05) is 24.2 Å². The number of benzene rings is 2. The van der Waals surface area contributed by atoms with Gasteiger partial charge in [0.15, 0.2) is 5.78 Å². The summed E-state index contributed by atoms with van der Waals surface area (Å²) in [7, 11) is 0. The van der Waals surface area contributed by atoms with Crippen LogP contribution in [0.3, 0.4) is 0 Å². The van der Waals surface area contributed by atoms with Crippen molar-refractivity contribution in [2.45, 2.75) is 51.6 Å². The minimum atomic E-state index is -0.125. The van der Waals surface area contributed by atoms with Crippen molar-refractivity contribution in [3.8, 4) is 5.75 Å². The molecule has 0 aromatic heterocycles. The molecule has 2 unspecified atom stereocenters. The SMILES string of the molecule is CC1CCCC(C)N1CCc1ccc(O)c(C(=O)c2ccccc2)c1.Cl. The first-order valence-electron chi connectivity index (χ1n) is 9.23. The third-order valence-electron chi connectivity index (χ3n) is 5.38. The topological polar surface area (TPSA) is 40.5 Å². The lowest BCUT2D eigenvalue weighted by Gasteiger charge is -2.39. The van der Waals surface area contributed by atoms with E-state index in [9.17, 15) is 9.90 Å². The standard InChI is InChI=1S/C22H27NO2.ClH/c1-16-7-6-8-17(2)23(16)14-13-18-11-12-21(24)20(15-18)22(25)19-9-4-3-5-10-19;/h3-5,9-12,15-17,24H,6-8,13-14H2,1-2H3;1H. The minimum Gasteiger partial charge on any atom is -0.507 e. The van der Waals surface area contributed by atoms with E-state index in [2.05, 4.69) is 18.7 Å². The van der Waals surface area contributed by atoms with Crippen LogP contribution < -0.4 is 0 Å². The highest BCUT2D eigenvalue weighted by atomic mass is 35.5. The van der Waals surface area contributed by atoms with Crippen LogP contribution in [-0.4, -0.2) is 34.4 Å². The lowest BCUT2D eigenvalue weighted by molar-refractivity contribution is 0.103. The first-order chi connectivity index (χ1) is 12.1. The fraction of sp³-hybridized carbons (Fsp3) is 0.409. The number of nitrogens with zero attached hydrogens (tertiary/aromatic N) is 1. The van der Waals surface area contributed by atoms with Crippen LogP contribution in [0, 0.1) is 0 Å². The van der Waals surface area contributed by atoms with E-state index < -0.39 is 0 Å². The maximum atomic E-state index is 12.7. The zero-order valence-electron chi connectivity index (χ0n) is 15.5. The van der Waals surface area contributed by atoms with Crippen LogP contribution in [0.1, 0.15) is 54.6 Å². The van der Waals surface area contributed by atoms with Crippen molar-refractivity contribution >= 4 is 18.2 Å². The number of hydrogen-bond acceptors (Lipinski definition) is 3. The molecule has 0 amide bonds. The summed E-state index contributed by atoms with van der Waals surface area (Å²) in [6, 6.07) is 15.8. The van der Waals surface area contributed by atoms with E-state index in [-0.39, 0.29) is 23.9 Å². The molecule has 1 saturated heterocycles. The van der Waals surface area contributed by atoms with E-state index >= 15 is 0 Å². The zero-order valence-corrected chi connectivity index (χ0v) is 16.3. The third-order valence-corrected chi connectivity index (χ3v) is 5.38. The Balaban J connectivity index is 0.00000243. The van der Waals surface area contributed by atoms with Gasteiger partial charge in [-0.25, -0.2) is 0 Å². The molecule has 0 saturated carbocycles. The summed E-state index contributed by atoms with van der Waals surface area (Å²) >= 11 is 0. The first kappa shape index (κ1) is 20.5. The number of rotatable bonds is 5. The highest BCUT2D eigenvalue weighted by Gasteiger charge is 2.24. The lowest BCUT2D eigenvalue weighted by atomic mass is 9.96. The zero-order chi connectivity index (χ0) is 17.8. The molecule has 0 aliphatic carbocycles. The summed E-state index contributed by atoms with van der Waals surface area (Å²) in [5, 5.41) is 10.1. The maximum absolute atomic E-state index is 12.7. The maximum Gasteiger partial charge on any atom is 0.196 e.